The highest BCUT2D eigenvalue weighted by molar-refractivity contribution is 5.88. The van der Waals surface area contributed by atoms with Crippen molar-refractivity contribution in [1.29, 1.82) is 0 Å². The second kappa shape index (κ2) is 12.7. The van der Waals surface area contributed by atoms with E-state index in [0.29, 0.717) is 35.1 Å². The van der Waals surface area contributed by atoms with E-state index in [1.807, 2.05) is 26.0 Å². The highest BCUT2D eigenvalue weighted by Gasteiger charge is 2.42. The average Bonchev–Trinajstić information content (AvgIpc) is 3.94. The number of aryl methyl sites for hydroxylation is 1. The molecule has 4 aliphatic rings. The molecule has 3 aromatic carbocycles. The number of alkyl carbamates (subject to hydrolysis) is 1. The van der Waals surface area contributed by atoms with Crippen molar-refractivity contribution in [1.82, 2.24) is 20.2 Å². The van der Waals surface area contributed by atoms with Gasteiger partial charge in [-0.15, -0.1) is 0 Å². The van der Waals surface area contributed by atoms with Gasteiger partial charge in [0.05, 0.1) is 24.1 Å². The standard InChI is InChI=1S/C42H48N4O4/c1-24(2)37(44-41(49)50-4)40(48)46-20-8-11-36(46)38-43-35-17-13-26(21-32(35)39(47)45-38)28-15-16-31(30-14-12-25(3)27-9-7-10-29(27)30)34-23-42(22-33(28)34)18-5-6-19-42/h12-17,21,24,36-37H,5-11,18-20,22-23H2,1-4H3,(H,44,49)(H,43,45,47)/t36-,37+/m0/s1. The fraction of sp³-hybridized carbons (Fsp3) is 0.476. The summed E-state index contributed by atoms with van der Waals surface area (Å²) in [7, 11) is 1.29. The molecule has 1 saturated heterocycles. The Morgan fingerprint density at radius 3 is 2.38 bits per heavy atom. The third-order valence-electron chi connectivity index (χ3n) is 12.3. The molecule has 8 heteroatoms. The zero-order valence-corrected chi connectivity index (χ0v) is 29.8. The van der Waals surface area contributed by atoms with E-state index in [4.69, 9.17) is 9.72 Å². The van der Waals surface area contributed by atoms with Crippen LogP contribution in [-0.2, 0) is 35.2 Å². The number of fused-ring (bicyclic) bond motifs is 3. The molecule has 4 aromatic rings. The smallest absolute Gasteiger partial charge is 0.407 e. The highest BCUT2D eigenvalue weighted by Crippen LogP contribution is 2.53. The van der Waals surface area contributed by atoms with Gasteiger partial charge in [-0.05, 0) is 138 Å². The molecule has 1 spiro atoms. The third kappa shape index (κ3) is 5.51. The minimum Gasteiger partial charge on any atom is -0.453 e. The van der Waals surface area contributed by atoms with Gasteiger partial charge in [-0.25, -0.2) is 9.78 Å². The van der Waals surface area contributed by atoms with Crippen molar-refractivity contribution in [3.8, 4) is 22.3 Å². The summed E-state index contributed by atoms with van der Waals surface area (Å²) in [4.78, 5) is 49.2. The summed E-state index contributed by atoms with van der Waals surface area (Å²) >= 11 is 0. The number of rotatable bonds is 6. The van der Waals surface area contributed by atoms with E-state index in [9.17, 15) is 14.4 Å². The first kappa shape index (κ1) is 32.7. The number of hydrogen-bond donors (Lipinski definition) is 2. The first-order valence-corrected chi connectivity index (χ1v) is 18.6. The molecule has 2 heterocycles. The minimum absolute atomic E-state index is 0.137. The van der Waals surface area contributed by atoms with Crippen LogP contribution < -0.4 is 10.9 Å². The third-order valence-corrected chi connectivity index (χ3v) is 12.3. The Morgan fingerprint density at radius 2 is 1.62 bits per heavy atom. The molecule has 8 rings (SSSR count). The van der Waals surface area contributed by atoms with Gasteiger partial charge in [0.2, 0.25) is 5.91 Å². The molecule has 1 aliphatic heterocycles. The van der Waals surface area contributed by atoms with Gasteiger partial charge < -0.3 is 19.9 Å². The zero-order valence-electron chi connectivity index (χ0n) is 29.8. The lowest BCUT2D eigenvalue weighted by molar-refractivity contribution is -0.135. The number of methoxy groups -OCH3 is 1. The van der Waals surface area contributed by atoms with Gasteiger partial charge in [0.25, 0.3) is 5.56 Å². The van der Waals surface area contributed by atoms with Gasteiger partial charge >= 0.3 is 6.09 Å². The maximum Gasteiger partial charge on any atom is 0.407 e. The molecule has 0 bridgehead atoms. The number of H-pyrrole nitrogens is 1. The molecular formula is C42H48N4O4. The molecule has 1 aromatic heterocycles. The molecule has 2 N–H and O–H groups in total. The molecule has 0 unspecified atom stereocenters. The summed E-state index contributed by atoms with van der Waals surface area (Å²) in [5.41, 5.74) is 13.4. The van der Waals surface area contributed by atoms with Crippen molar-refractivity contribution < 1.29 is 14.3 Å². The normalized spacial score (nSPS) is 19.7. The second-order valence-corrected chi connectivity index (χ2v) is 15.6. The van der Waals surface area contributed by atoms with Gasteiger partial charge in [0.1, 0.15) is 11.9 Å². The summed E-state index contributed by atoms with van der Waals surface area (Å²) in [6.07, 6.45) is 11.8. The van der Waals surface area contributed by atoms with Crippen molar-refractivity contribution in [2.24, 2.45) is 11.3 Å². The van der Waals surface area contributed by atoms with Crippen molar-refractivity contribution in [2.45, 2.75) is 103 Å². The van der Waals surface area contributed by atoms with Crippen LogP contribution in [0.1, 0.15) is 98.5 Å². The quantitative estimate of drug-likeness (QED) is 0.218. The van der Waals surface area contributed by atoms with E-state index in [1.54, 1.807) is 16.0 Å². The van der Waals surface area contributed by atoms with Crippen LogP contribution in [0.4, 0.5) is 4.79 Å². The fourth-order valence-electron chi connectivity index (χ4n) is 9.72. The topological polar surface area (TPSA) is 104 Å². The van der Waals surface area contributed by atoms with Crippen LogP contribution in [0.25, 0.3) is 33.2 Å². The molecule has 2 amide bonds. The minimum atomic E-state index is -0.735. The number of nitrogens with zero attached hydrogens (tertiary/aromatic N) is 2. The van der Waals surface area contributed by atoms with Crippen LogP contribution in [0.5, 0.6) is 0 Å². The van der Waals surface area contributed by atoms with E-state index in [0.717, 1.165) is 31.2 Å². The van der Waals surface area contributed by atoms with Crippen molar-refractivity contribution in [3.05, 3.63) is 86.5 Å². The summed E-state index contributed by atoms with van der Waals surface area (Å²) < 4.78 is 4.77. The van der Waals surface area contributed by atoms with Crippen LogP contribution >= 0.6 is 0 Å². The molecule has 2 atom stereocenters. The Morgan fingerprint density at radius 1 is 0.920 bits per heavy atom. The van der Waals surface area contributed by atoms with Gasteiger partial charge in [-0.3, -0.25) is 9.59 Å². The maximum absolute atomic E-state index is 13.8. The van der Waals surface area contributed by atoms with Gasteiger partial charge in [0.15, 0.2) is 0 Å². The molecule has 1 saturated carbocycles. The lowest BCUT2D eigenvalue weighted by Crippen LogP contribution is -2.51. The molecule has 260 valence electrons. The molecule has 8 nitrogen and oxygen atoms in total. The van der Waals surface area contributed by atoms with Crippen LogP contribution in [-0.4, -0.2) is 46.6 Å². The first-order valence-electron chi connectivity index (χ1n) is 18.6. The monoisotopic (exact) mass is 672 g/mol. The van der Waals surface area contributed by atoms with Crippen molar-refractivity contribution in [3.63, 3.8) is 0 Å². The van der Waals surface area contributed by atoms with Gasteiger partial charge in [-0.1, -0.05) is 57.0 Å². The molecule has 2 fully saturated rings. The number of aromatic nitrogens is 2. The Labute approximate surface area is 294 Å². The molecule has 50 heavy (non-hydrogen) atoms. The SMILES string of the molecule is COC(=O)N[C@@H](C(=O)N1CCC[C@H]1c1nc2ccc(-c3ccc(-c4ccc(C)c5c4CCC5)c4c3CC3(CCCC3)C4)cc2c(=O)[nH]1)C(C)C. The van der Waals surface area contributed by atoms with Gasteiger partial charge in [-0.2, -0.15) is 0 Å². The number of benzene rings is 3. The summed E-state index contributed by atoms with van der Waals surface area (Å²) in [6.45, 7) is 6.57. The molecule has 0 radical (unpaired) electrons. The number of likely N-dealkylation sites (tertiary alicyclic amines) is 1. The number of amides is 2. The van der Waals surface area contributed by atoms with E-state index in [2.05, 4.69) is 47.6 Å². The number of aromatic amines is 1. The van der Waals surface area contributed by atoms with E-state index < -0.39 is 12.1 Å². The summed E-state index contributed by atoms with van der Waals surface area (Å²) in [5, 5.41) is 3.25. The first-order chi connectivity index (χ1) is 24.2. The molecular weight excluding hydrogens is 624 g/mol. The molecule has 3 aliphatic carbocycles. The number of carbonyl (C=O) groups is 2. The number of nitrogens with one attached hydrogen (secondary N) is 2. The van der Waals surface area contributed by atoms with Crippen LogP contribution in [0, 0.1) is 18.3 Å². The zero-order chi connectivity index (χ0) is 34.7. The number of hydrogen-bond acceptors (Lipinski definition) is 5. The van der Waals surface area contributed by atoms with E-state index >= 15 is 0 Å². The predicted molar refractivity (Wildman–Crippen MR) is 196 cm³/mol. The van der Waals surface area contributed by atoms with Crippen LogP contribution in [0.3, 0.4) is 0 Å². The predicted octanol–water partition coefficient (Wildman–Crippen LogP) is 7.76. The fourth-order valence-corrected chi connectivity index (χ4v) is 9.72. The Bertz CT molecular complexity index is 2070. The van der Waals surface area contributed by atoms with Crippen LogP contribution in [0.15, 0.2) is 47.3 Å². The van der Waals surface area contributed by atoms with Crippen molar-refractivity contribution >= 4 is 22.9 Å². The van der Waals surface area contributed by atoms with Crippen LogP contribution in [0.2, 0.25) is 0 Å². The Balaban J connectivity index is 1.15. The highest BCUT2D eigenvalue weighted by atomic mass is 16.5. The largest absolute Gasteiger partial charge is 0.453 e. The van der Waals surface area contributed by atoms with Gasteiger partial charge in [0, 0.05) is 6.54 Å². The van der Waals surface area contributed by atoms with E-state index in [-0.39, 0.29) is 23.4 Å². The number of ether oxygens (including phenoxy) is 1. The second-order valence-electron chi connectivity index (χ2n) is 15.6. The maximum atomic E-state index is 13.8. The summed E-state index contributed by atoms with van der Waals surface area (Å²) in [6, 6.07) is 14.3. The number of carbonyl (C=O) groups excluding carboxylic acids is 2. The Kier molecular flexibility index (Phi) is 8.31. The van der Waals surface area contributed by atoms with E-state index in [1.165, 1.54) is 79.0 Å². The average molecular weight is 673 g/mol. The Hall–Kier alpha value is -4.46. The summed E-state index contributed by atoms with van der Waals surface area (Å²) in [5.74, 6) is 0.154. The van der Waals surface area contributed by atoms with Crippen molar-refractivity contribution in [2.75, 3.05) is 13.7 Å². The lowest BCUT2D eigenvalue weighted by Gasteiger charge is -2.30. The lowest BCUT2D eigenvalue weighted by atomic mass is 9.82.